The highest BCUT2D eigenvalue weighted by Gasteiger charge is 2.12. The molecule has 3 nitrogen and oxygen atoms in total. The molecule has 0 aliphatic rings. The summed E-state index contributed by atoms with van der Waals surface area (Å²) in [4.78, 5) is 8.78. The van der Waals surface area contributed by atoms with Crippen molar-refractivity contribution in [2.75, 3.05) is 12.3 Å². The average Bonchev–Trinajstić information content (AvgIpc) is 2.42. The molecule has 1 unspecified atom stereocenters. The fraction of sp³-hybridized carbons (Fsp3) is 0.412. The summed E-state index contributed by atoms with van der Waals surface area (Å²) in [6, 6.07) is 8.98. The van der Waals surface area contributed by atoms with E-state index in [2.05, 4.69) is 54.3 Å². The number of hydrogen-bond donors (Lipinski definition) is 1. The summed E-state index contributed by atoms with van der Waals surface area (Å²) in [5, 5.41) is 4.41. The lowest BCUT2D eigenvalue weighted by atomic mass is 10.0. The van der Waals surface area contributed by atoms with Crippen molar-refractivity contribution in [3.8, 4) is 0 Å². The maximum atomic E-state index is 4.46. The fourth-order valence-corrected chi connectivity index (χ4v) is 3.35. The second-order valence-corrected chi connectivity index (χ2v) is 6.31. The summed E-state index contributed by atoms with van der Waals surface area (Å²) >= 11 is 1.70. The molecule has 0 saturated carbocycles. The van der Waals surface area contributed by atoms with Crippen LogP contribution in [0.15, 0.2) is 35.6 Å². The Morgan fingerprint density at radius 1 is 1.14 bits per heavy atom. The molecule has 0 amide bonds. The summed E-state index contributed by atoms with van der Waals surface area (Å²) < 4.78 is 0. The Bertz CT molecular complexity index is 578. The molecule has 112 valence electrons. The zero-order valence-corrected chi connectivity index (χ0v) is 14.0. The van der Waals surface area contributed by atoms with Crippen molar-refractivity contribution in [2.24, 2.45) is 0 Å². The molecule has 1 aromatic heterocycles. The van der Waals surface area contributed by atoms with Crippen LogP contribution >= 0.6 is 11.8 Å². The quantitative estimate of drug-likeness (QED) is 0.650. The van der Waals surface area contributed by atoms with E-state index in [0.717, 1.165) is 23.1 Å². The van der Waals surface area contributed by atoms with Gasteiger partial charge in [0, 0.05) is 23.7 Å². The number of benzene rings is 1. The first kappa shape index (κ1) is 16.0. The third-order valence-electron chi connectivity index (χ3n) is 3.25. The van der Waals surface area contributed by atoms with Crippen LogP contribution in [-0.2, 0) is 0 Å². The summed E-state index contributed by atoms with van der Waals surface area (Å²) in [7, 11) is 0. The molecule has 21 heavy (non-hydrogen) atoms. The van der Waals surface area contributed by atoms with Gasteiger partial charge in [0.1, 0.15) is 0 Å². The Morgan fingerprint density at radius 2 is 1.86 bits per heavy atom. The molecule has 4 heteroatoms. The molecule has 0 radical (unpaired) electrons. The molecule has 0 spiro atoms. The van der Waals surface area contributed by atoms with Crippen LogP contribution in [0.1, 0.15) is 35.3 Å². The Morgan fingerprint density at radius 3 is 2.48 bits per heavy atom. The summed E-state index contributed by atoms with van der Waals surface area (Å²) in [6.45, 7) is 9.39. The molecule has 1 N–H and O–H groups in total. The SMILES string of the molecule is CCNC(CSc1nccc(C)n1)c1cc(C)cc(C)c1. The molecule has 2 rings (SSSR count). The van der Waals surface area contributed by atoms with E-state index in [1.165, 1.54) is 16.7 Å². The minimum Gasteiger partial charge on any atom is -0.309 e. The highest BCUT2D eigenvalue weighted by atomic mass is 32.2. The number of nitrogens with one attached hydrogen (secondary N) is 1. The van der Waals surface area contributed by atoms with Crippen molar-refractivity contribution in [1.82, 2.24) is 15.3 Å². The van der Waals surface area contributed by atoms with Gasteiger partial charge in [0.25, 0.3) is 0 Å². The van der Waals surface area contributed by atoms with Crippen LogP contribution < -0.4 is 5.32 Å². The van der Waals surface area contributed by atoms with Gasteiger partial charge in [0.2, 0.25) is 0 Å². The number of rotatable bonds is 6. The molecule has 0 saturated heterocycles. The van der Waals surface area contributed by atoms with Crippen LogP contribution in [0.2, 0.25) is 0 Å². The molecule has 0 aliphatic heterocycles. The van der Waals surface area contributed by atoms with Gasteiger partial charge in [-0.15, -0.1) is 0 Å². The Hall–Kier alpha value is -1.39. The van der Waals surface area contributed by atoms with E-state index in [0.29, 0.717) is 6.04 Å². The second-order valence-electron chi connectivity index (χ2n) is 5.32. The van der Waals surface area contributed by atoms with Crippen LogP contribution in [0.25, 0.3) is 0 Å². The number of hydrogen-bond acceptors (Lipinski definition) is 4. The third-order valence-corrected chi connectivity index (χ3v) is 4.20. The molecule has 0 fully saturated rings. The Kier molecular flexibility index (Phi) is 5.76. The van der Waals surface area contributed by atoms with Crippen molar-refractivity contribution in [2.45, 2.75) is 38.9 Å². The molecule has 2 aromatic rings. The predicted molar refractivity (Wildman–Crippen MR) is 89.8 cm³/mol. The summed E-state index contributed by atoms with van der Waals surface area (Å²) in [6.07, 6.45) is 1.82. The largest absolute Gasteiger partial charge is 0.309 e. The zero-order chi connectivity index (χ0) is 15.2. The van der Waals surface area contributed by atoms with E-state index in [4.69, 9.17) is 0 Å². The predicted octanol–water partition coefficient (Wildman–Crippen LogP) is 3.84. The first-order chi connectivity index (χ1) is 10.1. The van der Waals surface area contributed by atoms with Crippen LogP contribution in [0.5, 0.6) is 0 Å². The van der Waals surface area contributed by atoms with E-state index >= 15 is 0 Å². The lowest BCUT2D eigenvalue weighted by Crippen LogP contribution is -2.23. The van der Waals surface area contributed by atoms with Gasteiger partial charge in [-0.25, -0.2) is 9.97 Å². The van der Waals surface area contributed by atoms with E-state index in [1.807, 2.05) is 19.2 Å². The maximum Gasteiger partial charge on any atom is 0.187 e. The van der Waals surface area contributed by atoms with Crippen LogP contribution in [0.3, 0.4) is 0 Å². The summed E-state index contributed by atoms with van der Waals surface area (Å²) in [5.74, 6) is 0.931. The monoisotopic (exact) mass is 301 g/mol. The number of aromatic nitrogens is 2. The molecular formula is C17H23N3S. The minimum absolute atomic E-state index is 0.322. The molecule has 0 aliphatic carbocycles. The van der Waals surface area contributed by atoms with Crippen LogP contribution in [0.4, 0.5) is 0 Å². The van der Waals surface area contributed by atoms with Gasteiger partial charge in [0.15, 0.2) is 5.16 Å². The van der Waals surface area contributed by atoms with Crippen LogP contribution in [0, 0.1) is 20.8 Å². The number of nitrogens with zero attached hydrogens (tertiary/aromatic N) is 2. The van der Waals surface area contributed by atoms with Gasteiger partial charge in [0.05, 0.1) is 0 Å². The van der Waals surface area contributed by atoms with Gasteiger partial charge in [-0.05, 0) is 38.9 Å². The Labute approximate surface area is 131 Å². The van der Waals surface area contributed by atoms with Crippen molar-refractivity contribution in [1.29, 1.82) is 0 Å². The van der Waals surface area contributed by atoms with Gasteiger partial charge >= 0.3 is 0 Å². The second kappa shape index (κ2) is 7.57. The molecule has 1 heterocycles. The van der Waals surface area contributed by atoms with Crippen molar-refractivity contribution >= 4 is 11.8 Å². The van der Waals surface area contributed by atoms with Gasteiger partial charge in [-0.1, -0.05) is 48.0 Å². The van der Waals surface area contributed by atoms with Gasteiger partial charge in [-0.2, -0.15) is 0 Å². The van der Waals surface area contributed by atoms with Crippen molar-refractivity contribution < 1.29 is 0 Å². The van der Waals surface area contributed by atoms with Gasteiger partial charge < -0.3 is 5.32 Å². The van der Waals surface area contributed by atoms with E-state index < -0.39 is 0 Å². The summed E-state index contributed by atoms with van der Waals surface area (Å²) in [5.41, 5.74) is 4.97. The molecule has 0 bridgehead atoms. The first-order valence-corrected chi connectivity index (χ1v) is 8.31. The van der Waals surface area contributed by atoms with E-state index in [1.54, 1.807) is 11.8 Å². The maximum absolute atomic E-state index is 4.46. The Balaban J connectivity index is 2.11. The molecular weight excluding hydrogens is 278 g/mol. The minimum atomic E-state index is 0.322. The standard InChI is InChI=1S/C17H23N3S/c1-5-18-16(15-9-12(2)8-13(3)10-15)11-21-17-19-7-6-14(4)20-17/h6-10,16,18H,5,11H2,1-4H3. The van der Waals surface area contributed by atoms with Crippen molar-refractivity contribution in [3.63, 3.8) is 0 Å². The van der Waals surface area contributed by atoms with Crippen LogP contribution in [-0.4, -0.2) is 22.3 Å². The van der Waals surface area contributed by atoms with Gasteiger partial charge in [-0.3, -0.25) is 0 Å². The molecule has 1 aromatic carbocycles. The van der Waals surface area contributed by atoms with E-state index in [-0.39, 0.29) is 0 Å². The fourth-order valence-electron chi connectivity index (χ4n) is 2.38. The average molecular weight is 301 g/mol. The van der Waals surface area contributed by atoms with E-state index in [9.17, 15) is 0 Å². The van der Waals surface area contributed by atoms with Crippen molar-refractivity contribution in [3.05, 3.63) is 52.8 Å². The molecule has 1 atom stereocenters. The number of thioether (sulfide) groups is 1. The lowest BCUT2D eigenvalue weighted by Gasteiger charge is -2.19. The first-order valence-electron chi connectivity index (χ1n) is 7.32. The number of aryl methyl sites for hydroxylation is 3. The zero-order valence-electron chi connectivity index (χ0n) is 13.2. The third kappa shape index (κ3) is 4.83. The highest BCUT2D eigenvalue weighted by molar-refractivity contribution is 7.99. The smallest absolute Gasteiger partial charge is 0.187 e. The lowest BCUT2D eigenvalue weighted by molar-refractivity contribution is 0.604. The highest BCUT2D eigenvalue weighted by Crippen LogP contribution is 2.24. The topological polar surface area (TPSA) is 37.8 Å². The normalized spacial score (nSPS) is 12.4.